The van der Waals surface area contributed by atoms with E-state index in [0.29, 0.717) is 0 Å². The molecule has 2 aromatic heterocycles. The number of para-hydroxylation sites is 2. The Morgan fingerprint density at radius 1 is 0.622 bits per heavy atom. The summed E-state index contributed by atoms with van der Waals surface area (Å²) in [6.07, 6.45) is 0. The fourth-order valence-electron chi connectivity index (χ4n) is 7.58. The third-order valence-corrected chi connectivity index (χ3v) is 10.9. The number of hydrogen-bond donors (Lipinski definition) is 0. The van der Waals surface area contributed by atoms with Gasteiger partial charge in [0.05, 0.1) is 16.7 Å². The van der Waals surface area contributed by atoms with Crippen LogP contribution in [0.5, 0.6) is 0 Å². The van der Waals surface area contributed by atoms with Gasteiger partial charge in [-0.25, -0.2) is 0 Å². The van der Waals surface area contributed by atoms with Crippen molar-refractivity contribution < 1.29 is 0 Å². The van der Waals surface area contributed by atoms with Gasteiger partial charge in [0.15, 0.2) is 0 Å². The minimum atomic E-state index is -0.153. The highest BCUT2D eigenvalue weighted by Gasteiger charge is 2.35. The van der Waals surface area contributed by atoms with Crippen molar-refractivity contribution in [3.63, 3.8) is 0 Å². The Hall–Kier alpha value is -5.68. The maximum Gasteiger partial charge on any atom is 0.138 e. The van der Waals surface area contributed by atoms with E-state index in [1.54, 1.807) is 11.3 Å². The van der Waals surface area contributed by atoms with Crippen molar-refractivity contribution in [3.8, 4) is 49.8 Å². The van der Waals surface area contributed by atoms with Crippen LogP contribution in [0.3, 0.4) is 0 Å². The molecule has 4 heteroatoms. The SMILES string of the molecule is CC1(C)c2cc(-c3ccc(-c4ccc5c(c4)-c4ccccc4C5=C(C#N)C#N)s3)ccc2-n2c3ccccc3c3cccc1c32. The Morgan fingerprint density at radius 3 is 2.09 bits per heavy atom. The molecule has 210 valence electrons. The van der Waals surface area contributed by atoms with Gasteiger partial charge in [-0.1, -0.05) is 92.7 Å². The minimum absolute atomic E-state index is 0.152. The van der Waals surface area contributed by atoms with Gasteiger partial charge in [-0.2, -0.15) is 10.5 Å². The number of benzene rings is 5. The lowest BCUT2D eigenvalue weighted by Gasteiger charge is -2.35. The number of rotatable bonds is 2. The zero-order chi connectivity index (χ0) is 30.4. The van der Waals surface area contributed by atoms with Crippen LogP contribution in [0.1, 0.15) is 36.1 Å². The average Bonchev–Trinajstić information content (AvgIpc) is 3.78. The first-order valence-electron chi connectivity index (χ1n) is 15.1. The van der Waals surface area contributed by atoms with E-state index in [-0.39, 0.29) is 11.0 Å². The predicted molar refractivity (Wildman–Crippen MR) is 184 cm³/mol. The summed E-state index contributed by atoms with van der Waals surface area (Å²) in [5, 5.41) is 22.0. The summed E-state index contributed by atoms with van der Waals surface area (Å²) in [7, 11) is 0. The van der Waals surface area contributed by atoms with E-state index in [9.17, 15) is 10.5 Å². The average molecular weight is 592 g/mol. The van der Waals surface area contributed by atoms with E-state index in [0.717, 1.165) is 33.4 Å². The molecule has 0 unspecified atom stereocenters. The second-order valence-corrected chi connectivity index (χ2v) is 13.4. The Labute approximate surface area is 265 Å². The largest absolute Gasteiger partial charge is 0.309 e. The van der Waals surface area contributed by atoms with E-state index in [4.69, 9.17) is 0 Å². The highest BCUT2D eigenvalue weighted by molar-refractivity contribution is 7.18. The number of aromatic nitrogens is 1. The molecular weight excluding hydrogens is 567 g/mol. The summed E-state index contributed by atoms with van der Waals surface area (Å²) in [4.78, 5) is 2.41. The Morgan fingerprint density at radius 2 is 1.29 bits per heavy atom. The lowest BCUT2D eigenvalue weighted by molar-refractivity contribution is 0.630. The molecular formula is C41H25N3S. The fraction of sp³-hybridized carbons (Fsp3) is 0.0732. The number of hydrogen-bond acceptors (Lipinski definition) is 3. The van der Waals surface area contributed by atoms with Gasteiger partial charge in [-0.3, -0.25) is 0 Å². The molecule has 0 N–H and O–H groups in total. The summed E-state index contributed by atoms with van der Waals surface area (Å²) in [5.41, 5.74) is 13.6. The lowest BCUT2D eigenvalue weighted by Crippen LogP contribution is -2.26. The Bertz CT molecular complexity index is 2520. The number of nitriles is 2. The number of allylic oxidation sites excluding steroid dienone is 1. The summed E-state index contributed by atoms with van der Waals surface area (Å²) in [6.45, 7) is 4.70. The summed E-state index contributed by atoms with van der Waals surface area (Å²) >= 11 is 1.79. The quantitative estimate of drug-likeness (QED) is 0.188. The van der Waals surface area contributed by atoms with E-state index in [2.05, 4.69) is 128 Å². The van der Waals surface area contributed by atoms with E-state index in [1.807, 2.05) is 18.2 Å². The molecule has 0 saturated heterocycles. The zero-order valence-corrected chi connectivity index (χ0v) is 25.5. The zero-order valence-electron chi connectivity index (χ0n) is 24.7. The molecule has 0 bridgehead atoms. The summed E-state index contributed by atoms with van der Waals surface area (Å²) < 4.78 is 2.46. The van der Waals surface area contributed by atoms with Gasteiger partial charge >= 0.3 is 0 Å². The predicted octanol–water partition coefficient (Wildman–Crippen LogP) is 10.6. The smallest absolute Gasteiger partial charge is 0.138 e. The van der Waals surface area contributed by atoms with Crippen LogP contribution in [0.2, 0.25) is 0 Å². The van der Waals surface area contributed by atoms with Crippen LogP contribution in [-0.2, 0) is 5.41 Å². The molecule has 0 spiro atoms. The van der Waals surface area contributed by atoms with Crippen LogP contribution in [0.15, 0.2) is 121 Å². The van der Waals surface area contributed by atoms with Gasteiger partial charge in [-0.05, 0) is 80.9 Å². The van der Waals surface area contributed by atoms with E-state index in [1.165, 1.54) is 53.9 Å². The van der Waals surface area contributed by atoms with E-state index < -0.39 is 0 Å². The second kappa shape index (κ2) is 9.16. The molecule has 0 fully saturated rings. The number of thiophene rings is 1. The molecule has 3 heterocycles. The normalized spacial score (nSPS) is 13.6. The van der Waals surface area contributed by atoms with Crippen LogP contribution < -0.4 is 0 Å². The van der Waals surface area contributed by atoms with Gasteiger partial charge < -0.3 is 4.57 Å². The molecule has 3 nitrogen and oxygen atoms in total. The second-order valence-electron chi connectivity index (χ2n) is 12.4. The van der Waals surface area contributed by atoms with Crippen molar-refractivity contribution in [3.05, 3.63) is 143 Å². The first kappa shape index (κ1) is 25.8. The maximum absolute atomic E-state index is 9.68. The standard InChI is InChI=1S/C41H25N3S/c1-41(2)33-12-7-11-31-28-9-5-6-13-35(28)44(40(31)33)36-17-15-25(21-34(36)41)38-19-18-37(45-38)24-14-16-30-32(20-24)27-8-3-4-10-29(27)39(30)26(22-42)23-43/h3-21H,1-2H3. The molecule has 0 radical (unpaired) electrons. The highest BCUT2D eigenvalue weighted by Crippen LogP contribution is 2.50. The van der Waals surface area contributed by atoms with Gasteiger partial charge in [-0.15, -0.1) is 11.3 Å². The van der Waals surface area contributed by atoms with Gasteiger partial charge in [0.25, 0.3) is 0 Å². The molecule has 0 atom stereocenters. The van der Waals surface area contributed by atoms with Crippen LogP contribution in [0, 0.1) is 22.7 Å². The monoisotopic (exact) mass is 591 g/mol. The molecule has 45 heavy (non-hydrogen) atoms. The van der Waals surface area contributed by atoms with Gasteiger partial charge in [0, 0.05) is 31.5 Å². The molecule has 0 saturated carbocycles. The molecule has 1 aliphatic carbocycles. The lowest BCUT2D eigenvalue weighted by atomic mass is 9.74. The Kier molecular flexibility index (Phi) is 5.25. The van der Waals surface area contributed by atoms with Crippen molar-refractivity contribution in [2.24, 2.45) is 0 Å². The number of nitrogens with zero attached hydrogens (tertiary/aromatic N) is 3. The first-order valence-corrected chi connectivity index (χ1v) is 15.9. The Balaban J connectivity index is 1.16. The molecule has 9 rings (SSSR count). The molecule has 0 amide bonds. The van der Waals surface area contributed by atoms with Crippen molar-refractivity contribution in [2.45, 2.75) is 19.3 Å². The van der Waals surface area contributed by atoms with Crippen LogP contribution in [-0.4, -0.2) is 4.57 Å². The van der Waals surface area contributed by atoms with Gasteiger partial charge in [0.2, 0.25) is 0 Å². The van der Waals surface area contributed by atoms with Crippen molar-refractivity contribution in [1.82, 2.24) is 4.57 Å². The summed E-state index contributed by atoms with van der Waals surface area (Å²) in [6, 6.07) is 45.5. The first-order chi connectivity index (χ1) is 22.0. The summed E-state index contributed by atoms with van der Waals surface area (Å²) in [5.74, 6) is 0. The molecule has 1 aliphatic heterocycles. The highest BCUT2D eigenvalue weighted by atomic mass is 32.1. The third kappa shape index (κ3) is 3.43. The molecule has 2 aliphatic rings. The molecule has 7 aromatic rings. The third-order valence-electron chi connectivity index (χ3n) is 9.70. The number of fused-ring (bicyclic) bond motifs is 8. The van der Waals surface area contributed by atoms with Crippen molar-refractivity contribution in [1.29, 1.82) is 10.5 Å². The van der Waals surface area contributed by atoms with Crippen molar-refractivity contribution >= 4 is 38.7 Å². The topological polar surface area (TPSA) is 52.5 Å². The minimum Gasteiger partial charge on any atom is -0.309 e. The van der Waals surface area contributed by atoms with E-state index >= 15 is 0 Å². The molecule has 5 aromatic carbocycles. The van der Waals surface area contributed by atoms with Gasteiger partial charge in [0.1, 0.15) is 17.7 Å². The maximum atomic E-state index is 9.68. The van der Waals surface area contributed by atoms with Crippen LogP contribution >= 0.6 is 11.3 Å². The van der Waals surface area contributed by atoms with Crippen LogP contribution in [0.4, 0.5) is 0 Å². The fourth-order valence-corrected chi connectivity index (χ4v) is 8.58. The van der Waals surface area contributed by atoms with Crippen molar-refractivity contribution in [2.75, 3.05) is 0 Å². The van der Waals surface area contributed by atoms with Crippen LogP contribution in [0.25, 0.3) is 65.1 Å².